The first-order valence-electron chi connectivity index (χ1n) is 10.6. The number of aromatic carboxylic acids is 1. The predicted octanol–water partition coefficient (Wildman–Crippen LogP) is 5.66. The third-order valence-corrected chi connectivity index (χ3v) is 6.79. The van der Waals surface area contributed by atoms with E-state index < -0.39 is 16.0 Å². The Morgan fingerprint density at radius 2 is 1.50 bits per heavy atom. The maximum absolute atomic E-state index is 12.9. The van der Waals surface area contributed by atoms with Crippen molar-refractivity contribution in [2.75, 3.05) is 4.72 Å². The van der Waals surface area contributed by atoms with E-state index in [0.29, 0.717) is 12.1 Å². The van der Waals surface area contributed by atoms with Crippen LogP contribution in [0.4, 0.5) is 5.69 Å². The lowest BCUT2D eigenvalue weighted by atomic mass is 9.87. The van der Waals surface area contributed by atoms with E-state index in [-0.39, 0.29) is 15.9 Å². The largest absolute Gasteiger partial charge is 0.478 e. The minimum Gasteiger partial charge on any atom is -0.478 e. The molecule has 0 bridgehead atoms. The van der Waals surface area contributed by atoms with Gasteiger partial charge in [0.1, 0.15) is 0 Å². The number of carbonyl (C=O) groups is 1. The van der Waals surface area contributed by atoms with Gasteiger partial charge in [0.2, 0.25) is 0 Å². The molecule has 0 saturated carbocycles. The Hall–Kier alpha value is -3.12. The Labute approximate surface area is 190 Å². The van der Waals surface area contributed by atoms with Crippen LogP contribution in [0.15, 0.2) is 77.7 Å². The highest BCUT2D eigenvalue weighted by molar-refractivity contribution is 7.92. The Morgan fingerprint density at radius 1 is 0.875 bits per heavy atom. The molecule has 0 aliphatic carbocycles. The molecule has 0 saturated heterocycles. The molecule has 0 atom stereocenters. The summed E-state index contributed by atoms with van der Waals surface area (Å²) in [6.45, 7) is 6.27. The number of hydrogen-bond acceptors (Lipinski definition) is 3. The van der Waals surface area contributed by atoms with Crippen LogP contribution in [-0.2, 0) is 28.3 Å². The lowest BCUT2D eigenvalue weighted by molar-refractivity contribution is 0.0697. The van der Waals surface area contributed by atoms with Gasteiger partial charge >= 0.3 is 5.97 Å². The molecule has 32 heavy (non-hydrogen) atoms. The third kappa shape index (κ3) is 5.98. The van der Waals surface area contributed by atoms with Crippen LogP contribution in [0.25, 0.3) is 0 Å². The number of nitrogens with one attached hydrogen (secondary N) is 1. The first kappa shape index (κ1) is 23.5. The number of benzene rings is 3. The molecule has 0 aromatic heterocycles. The molecule has 0 fully saturated rings. The van der Waals surface area contributed by atoms with E-state index in [0.717, 1.165) is 29.5 Å². The van der Waals surface area contributed by atoms with Gasteiger partial charge in [-0.1, -0.05) is 63.2 Å². The molecule has 0 heterocycles. The number of sulfonamides is 1. The van der Waals surface area contributed by atoms with Crippen LogP contribution < -0.4 is 4.72 Å². The number of hydrogen-bond donors (Lipinski definition) is 2. The van der Waals surface area contributed by atoms with Gasteiger partial charge in [0, 0.05) is 0 Å². The number of anilines is 1. The van der Waals surface area contributed by atoms with Crippen molar-refractivity contribution < 1.29 is 18.3 Å². The van der Waals surface area contributed by atoms with Crippen LogP contribution in [0.3, 0.4) is 0 Å². The molecule has 3 rings (SSSR count). The Kier molecular flexibility index (Phi) is 7.04. The van der Waals surface area contributed by atoms with Gasteiger partial charge in [-0.2, -0.15) is 0 Å². The van der Waals surface area contributed by atoms with Crippen molar-refractivity contribution in [1.29, 1.82) is 0 Å². The summed E-state index contributed by atoms with van der Waals surface area (Å²) in [6.07, 6.45) is 2.28. The van der Waals surface area contributed by atoms with Crippen molar-refractivity contribution in [1.82, 2.24) is 0 Å². The first-order chi connectivity index (χ1) is 15.1. The first-order valence-corrected chi connectivity index (χ1v) is 12.1. The number of rotatable bonds is 8. The average molecular weight is 452 g/mol. The molecule has 168 valence electrons. The van der Waals surface area contributed by atoms with E-state index in [1.54, 1.807) is 30.3 Å². The quantitative estimate of drug-likeness (QED) is 0.463. The molecule has 3 aromatic carbocycles. The molecule has 0 aliphatic rings. The average Bonchev–Trinajstić information content (AvgIpc) is 2.74. The van der Waals surface area contributed by atoms with Gasteiger partial charge in [0.25, 0.3) is 10.0 Å². The van der Waals surface area contributed by atoms with Gasteiger partial charge in [-0.3, -0.25) is 4.72 Å². The van der Waals surface area contributed by atoms with Gasteiger partial charge < -0.3 is 5.11 Å². The lowest BCUT2D eigenvalue weighted by Crippen LogP contribution is -2.15. The zero-order valence-electron chi connectivity index (χ0n) is 18.6. The van der Waals surface area contributed by atoms with Crippen LogP contribution in [-0.4, -0.2) is 19.5 Å². The highest BCUT2D eigenvalue weighted by atomic mass is 32.2. The highest BCUT2D eigenvalue weighted by Crippen LogP contribution is 2.25. The summed E-state index contributed by atoms with van der Waals surface area (Å²) in [7, 11) is -3.69. The minimum atomic E-state index is -3.69. The van der Waals surface area contributed by atoms with Crippen LogP contribution in [0.5, 0.6) is 0 Å². The molecule has 3 aromatic rings. The molecular weight excluding hydrogens is 422 g/mol. The molecule has 0 spiro atoms. The summed E-state index contributed by atoms with van der Waals surface area (Å²) in [5.74, 6) is -0.939. The SMILES string of the molecule is CC(C)(C)c1ccc(S(=O)(=O)Nc2ccccc2CCCc2ccc(C(=O)O)cc2)cc1. The second kappa shape index (κ2) is 9.57. The van der Waals surface area contributed by atoms with E-state index in [9.17, 15) is 13.2 Å². The summed E-state index contributed by atoms with van der Waals surface area (Å²) < 4.78 is 28.6. The lowest BCUT2D eigenvalue weighted by Gasteiger charge is -2.19. The summed E-state index contributed by atoms with van der Waals surface area (Å²) in [5, 5.41) is 9.00. The fourth-order valence-electron chi connectivity index (χ4n) is 3.47. The van der Waals surface area contributed by atoms with Crippen LogP contribution in [0.1, 0.15) is 54.2 Å². The van der Waals surface area contributed by atoms with Crippen LogP contribution >= 0.6 is 0 Å². The molecule has 0 unspecified atom stereocenters. The molecule has 0 radical (unpaired) electrons. The summed E-state index contributed by atoms with van der Waals surface area (Å²) in [6, 6.07) is 21.3. The summed E-state index contributed by atoms with van der Waals surface area (Å²) in [4.78, 5) is 11.2. The molecule has 5 nitrogen and oxygen atoms in total. The van der Waals surface area contributed by atoms with Gasteiger partial charge in [-0.25, -0.2) is 13.2 Å². The number of carboxylic acid groups (broad SMARTS) is 1. The van der Waals surface area contributed by atoms with Crippen LogP contribution in [0.2, 0.25) is 0 Å². The van der Waals surface area contributed by atoms with Crippen LogP contribution in [0, 0.1) is 0 Å². The maximum Gasteiger partial charge on any atom is 0.335 e. The van der Waals surface area contributed by atoms with Crippen molar-refractivity contribution in [2.24, 2.45) is 0 Å². The predicted molar refractivity (Wildman–Crippen MR) is 128 cm³/mol. The zero-order chi connectivity index (χ0) is 23.4. The summed E-state index contributed by atoms with van der Waals surface area (Å²) >= 11 is 0. The minimum absolute atomic E-state index is 0.0454. The van der Waals surface area contributed by atoms with E-state index in [1.165, 1.54) is 0 Å². The smallest absolute Gasteiger partial charge is 0.335 e. The third-order valence-electron chi connectivity index (χ3n) is 5.40. The fraction of sp³-hybridized carbons (Fsp3) is 0.269. The normalized spacial score (nSPS) is 11.8. The topological polar surface area (TPSA) is 83.5 Å². The summed E-state index contributed by atoms with van der Waals surface area (Å²) in [5.41, 5.74) is 3.85. The van der Waals surface area contributed by atoms with Gasteiger partial charge in [0.05, 0.1) is 16.1 Å². The van der Waals surface area contributed by atoms with Gasteiger partial charge in [-0.05, 0) is 71.7 Å². The van der Waals surface area contributed by atoms with Crippen molar-refractivity contribution in [3.05, 3.63) is 95.1 Å². The zero-order valence-corrected chi connectivity index (χ0v) is 19.4. The van der Waals surface area contributed by atoms with Crippen molar-refractivity contribution in [3.8, 4) is 0 Å². The number of aryl methyl sites for hydroxylation is 2. The maximum atomic E-state index is 12.9. The molecular formula is C26H29NO4S. The van der Waals surface area contributed by atoms with E-state index in [4.69, 9.17) is 5.11 Å². The molecule has 2 N–H and O–H groups in total. The van der Waals surface area contributed by atoms with E-state index >= 15 is 0 Å². The van der Waals surface area contributed by atoms with Crippen molar-refractivity contribution in [2.45, 2.75) is 50.3 Å². The number of carboxylic acids is 1. The van der Waals surface area contributed by atoms with Crippen molar-refractivity contribution in [3.63, 3.8) is 0 Å². The number of para-hydroxylation sites is 1. The Bertz CT molecular complexity index is 1180. The Morgan fingerprint density at radius 3 is 2.09 bits per heavy atom. The highest BCUT2D eigenvalue weighted by Gasteiger charge is 2.18. The van der Waals surface area contributed by atoms with E-state index in [2.05, 4.69) is 25.5 Å². The molecule has 0 aliphatic heterocycles. The van der Waals surface area contributed by atoms with Gasteiger partial charge in [-0.15, -0.1) is 0 Å². The second-order valence-electron chi connectivity index (χ2n) is 8.89. The fourth-order valence-corrected chi connectivity index (χ4v) is 4.57. The standard InChI is InChI=1S/C26H29NO4S/c1-26(2,3)22-15-17-23(18-16-22)32(30,31)27-24-10-5-4-8-20(24)9-6-7-19-11-13-21(14-12-19)25(28)29/h4-5,8,10-18,27H,6-7,9H2,1-3H3,(H,28,29). The van der Waals surface area contributed by atoms with Crippen molar-refractivity contribution >= 4 is 21.7 Å². The Balaban J connectivity index is 1.68. The second-order valence-corrected chi connectivity index (χ2v) is 10.6. The monoisotopic (exact) mass is 451 g/mol. The molecule has 6 heteroatoms. The molecule has 0 amide bonds. The van der Waals surface area contributed by atoms with E-state index in [1.807, 2.05) is 42.5 Å². The van der Waals surface area contributed by atoms with Gasteiger partial charge in [0.15, 0.2) is 0 Å².